The number of ketones is 1. The Morgan fingerprint density at radius 2 is 1.52 bits per heavy atom. The third-order valence-electron chi connectivity index (χ3n) is 4.23. The molecule has 3 aromatic carbocycles. The molecule has 0 aliphatic rings. The standard InChI is InChI=1S/C24H19ClO4/c1-16-3-7-18(8-4-16)21(26)13-5-17-6-14-22(23(15-17)28-2)29-24(27)19-9-11-20(25)12-10-19/h3-15H,1-2H3. The Labute approximate surface area is 174 Å². The van der Waals surface area contributed by atoms with Crippen LogP contribution in [0.25, 0.3) is 6.08 Å². The summed E-state index contributed by atoms with van der Waals surface area (Å²) in [6, 6.07) is 18.9. The number of allylic oxidation sites excluding steroid dienone is 1. The Morgan fingerprint density at radius 3 is 2.17 bits per heavy atom. The average Bonchev–Trinajstić information content (AvgIpc) is 2.73. The van der Waals surface area contributed by atoms with Gasteiger partial charge in [-0.15, -0.1) is 0 Å². The van der Waals surface area contributed by atoms with Gasteiger partial charge in [-0.2, -0.15) is 0 Å². The van der Waals surface area contributed by atoms with Gasteiger partial charge in [0.15, 0.2) is 17.3 Å². The van der Waals surface area contributed by atoms with Crippen LogP contribution in [0.1, 0.15) is 31.8 Å². The van der Waals surface area contributed by atoms with Gasteiger partial charge in [0, 0.05) is 10.6 Å². The van der Waals surface area contributed by atoms with E-state index in [1.54, 1.807) is 60.7 Å². The predicted molar refractivity (Wildman–Crippen MR) is 114 cm³/mol. The monoisotopic (exact) mass is 406 g/mol. The number of methoxy groups -OCH3 is 1. The van der Waals surface area contributed by atoms with Gasteiger partial charge < -0.3 is 9.47 Å². The molecule has 0 aromatic heterocycles. The third kappa shape index (κ3) is 5.33. The maximum absolute atomic E-state index is 12.3. The number of rotatable bonds is 6. The van der Waals surface area contributed by atoms with Crippen molar-refractivity contribution in [3.8, 4) is 11.5 Å². The largest absolute Gasteiger partial charge is 0.493 e. The Bertz CT molecular complexity index is 1050. The van der Waals surface area contributed by atoms with Crippen LogP contribution >= 0.6 is 11.6 Å². The van der Waals surface area contributed by atoms with Gasteiger partial charge in [0.1, 0.15) is 0 Å². The molecule has 0 amide bonds. The maximum Gasteiger partial charge on any atom is 0.343 e. The Hall–Kier alpha value is -3.37. The fraction of sp³-hybridized carbons (Fsp3) is 0.0833. The highest BCUT2D eigenvalue weighted by Gasteiger charge is 2.13. The molecule has 0 saturated carbocycles. The van der Waals surface area contributed by atoms with Crippen LogP contribution in [0.15, 0.2) is 72.8 Å². The molecule has 4 nitrogen and oxygen atoms in total. The highest BCUT2D eigenvalue weighted by molar-refractivity contribution is 6.30. The zero-order valence-electron chi connectivity index (χ0n) is 16.0. The second kappa shape index (κ2) is 9.22. The lowest BCUT2D eigenvalue weighted by molar-refractivity contribution is 0.0729. The van der Waals surface area contributed by atoms with Gasteiger partial charge >= 0.3 is 5.97 Å². The summed E-state index contributed by atoms with van der Waals surface area (Å²) >= 11 is 5.84. The maximum atomic E-state index is 12.3. The molecule has 0 aliphatic carbocycles. The van der Waals surface area contributed by atoms with Crippen molar-refractivity contribution in [2.45, 2.75) is 6.92 Å². The minimum atomic E-state index is -0.516. The molecule has 0 bridgehead atoms. The summed E-state index contributed by atoms with van der Waals surface area (Å²) in [5.74, 6) is 0.0618. The molecule has 146 valence electrons. The van der Waals surface area contributed by atoms with Crippen molar-refractivity contribution in [1.82, 2.24) is 0 Å². The summed E-state index contributed by atoms with van der Waals surface area (Å²) < 4.78 is 10.8. The van der Waals surface area contributed by atoms with E-state index in [0.717, 1.165) is 11.1 Å². The lowest BCUT2D eigenvalue weighted by atomic mass is 10.1. The summed E-state index contributed by atoms with van der Waals surface area (Å²) in [6.07, 6.45) is 3.19. The van der Waals surface area contributed by atoms with E-state index in [4.69, 9.17) is 21.1 Å². The summed E-state index contributed by atoms with van der Waals surface area (Å²) in [6.45, 7) is 1.97. The first-order chi connectivity index (χ1) is 14.0. The number of esters is 1. The Balaban J connectivity index is 1.74. The number of carbonyl (C=O) groups is 2. The normalized spacial score (nSPS) is 10.7. The van der Waals surface area contributed by atoms with E-state index >= 15 is 0 Å². The summed E-state index contributed by atoms with van der Waals surface area (Å²) in [4.78, 5) is 24.6. The Kier molecular flexibility index (Phi) is 6.47. The second-order valence-corrected chi connectivity index (χ2v) is 6.81. The van der Waals surface area contributed by atoms with Crippen LogP contribution in [-0.2, 0) is 0 Å². The summed E-state index contributed by atoms with van der Waals surface area (Å²) in [5.41, 5.74) is 2.84. The van der Waals surface area contributed by atoms with Gasteiger partial charge in [0.25, 0.3) is 0 Å². The fourth-order valence-corrected chi connectivity index (χ4v) is 2.73. The lowest BCUT2D eigenvalue weighted by Crippen LogP contribution is -2.09. The number of benzene rings is 3. The minimum Gasteiger partial charge on any atom is -0.493 e. The topological polar surface area (TPSA) is 52.6 Å². The van der Waals surface area contributed by atoms with Crippen molar-refractivity contribution in [1.29, 1.82) is 0 Å². The van der Waals surface area contributed by atoms with Crippen molar-refractivity contribution in [3.05, 3.63) is 100 Å². The molecular weight excluding hydrogens is 388 g/mol. The van der Waals surface area contributed by atoms with E-state index in [1.807, 2.05) is 19.1 Å². The van der Waals surface area contributed by atoms with Crippen molar-refractivity contribution in [2.75, 3.05) is 7.11 Å². The minimum absolute atomic E-state index is 0.0952. The quantitative estimate of drug-likeness (QED) is 0.225. The van der Waals surface area contributed by atoms with Gasteiger partial charge in [0.05, 0.1) is 12.7 Å². The number of hydrogen-bond acceptors (Lipinski definition) is 4. The van der Waals surface area contributed by atoms with E-state index in [-0.39, 0.29) is 11.5 Å². The zero-order chi connectivity index (χ0) is 20.8. The van der Waals surface area contributed by atoms with Crippen molar-refractivity contribution in [3.63, 3.8) is 0 Å². The van der Waals surface area contributed by atoms with Gasteiger partial charge in [-0.05, 0) is 55.0 Å². The number of ether oxygens (including phenoxy) is 2. The molecule has 0 spiro atoms. The van der Waals surface area contributed by atoms with E-state index in [2.05, 4.69) is 0 Å². The average molecular weight is 407 g/mol. The fourth-order valence-electron chi connectivity index (χ4n) is 2.60. The van der Waals surface area contributed by atoms with Crippen LogP contribution < -0.4 is 9.47 Å². The molecule has 3 rings (SSSR count). The van der Waals surface area contributed by atoms with Crippen molar-refractivity contribution in [2.24, 2.45) is 0 Å². The van der Waals surface area contributed by atoms with Gasteiger partial charge in [-0.25, -0.2) is 4.79 Å². The third-order valence-corrected chi connectivity index (χ3v) is 4.49. The first-order valence-corrected chi connectivity index (χ1v) is 9.29. The van der Waals surface area contributed by atoms with Crippen LogP contribution in [0.5, 0.6) is 11.5 Å². The highest BCUT2D eigenvalue weighted by atomic mass is 35.5. The van der Waals surface area contributed by atoms with Crippen LogP contribution in [0.4, 0.5) is 0 Å². The molecular formula is C24H19ClO4. The molecule has 0 fully saturated rings. The smallest absolute Gasteiger partial charge is 0.343 e. The SMILES string of the molecule is COc1cc(C=CC(=O)c2ccc(C)cc2)ccc1OC(=O)c1ccc(Cl)cc1. The van der Waals surface area contributed by atoms with E-state index < -0.39 is 5.97 Å². The molecule has 0 saturated heterocycles. The van der Waals surface area contributed by atoms with Gasteiger partial charge in [-0.1, -0.05) is 53.6 Å². The first-order valence-electron chi connectivity index (χ1n) is 8.91. The zero-order valence-corrected chi connectivity index (χ0v) is 16.8. The molecule has 3 aromatic rings. The van der Waals surface area contributed by atoms with Crippen molar-refractivity contribution >= 4 is 29.4 Å². The molecule has 0 aliphatic heterocycles. The molecule has 0 N–H and O–H groups in total. The first kappa shape index (κ1) is 20.4. The lowest BCUT2D eigenvalue weighted by Gasteiger charge is -2.10. The Morgan fingerprint density at radius 1 is 0.862 bits per heavy atom. The van der Waals surface area contributed by atoms with Crippen LogP contribution in [0, 0.1) is 6.92 Å². The number of hydrogen-bond donors (Lipinski definition) is 0. The number of aryl methyl sites for hydroxylation is 1. The van der Waals surface area contributed by atoms with E-state index in [0.29, 0.717) is 21.9 Å². The van der Waals surface area contributed by atoms with Crippen LogP contribution in [-0.4, -0.2) is 18.9 Å². The molecule has 0 heterocycles. The molecule has 0 atom stereocenters. The molecule has 0 radical (unpaired) electrons. The summed E-state index contributed by atoms with van der Waals surface area (Å²) in [7, 11) is 1.49. The van der Waals surface area contributed by atoms with Crippen LogP contribution in [0.3, 0.4) is 0 Å². The van der Waals surface area contributed by atoms with Crippen molar-refractivity contribution < 1.29 is 19.1 Å². The van der Waals surface area contributed by atoms with Gasteiger partial charge in [0.2, 0.25) is 0 Å². The molecule has 5 heteroatoms. The highest BCUT2D eigenvalue weighted by Crippen LogP contribution is 2.29. The number of carbonyl (C=O) groups excluding carboxylic acids is 2. The second-order valence-electron chi connectivity index (χ2n) is 6.37. The van der Waals surface area contributed by atoms with E-state index in [9.17, 15) is 9.59 Å². The van der Waals surface area contributed by atoms with Gasteiger partial charge in [-0.3, -0.25) is 4.79 Å². The van der Waals surface area contributed by atoms with Crippen LogP contribution in [0.2, 0.25) is 5.02 Å². The van der Waals surface area contributed by atoms with E-state index in [1.165, 1.54) is 13.2 Å². The predicted octanol–water partition coefficient (Wildman–Crippen LogP) is 5.77. The summed E-state index contributed by atoms with van der Waals surface area (Å²) in [5, 5.41) is 0.537. The molecule has 29 heavy (non-hydrogen) atoms. The molecule has 0 unspecified atom stereocenters. The number of halogens is 1.